The molecule has 4 heavy (non-hydrogen) atoms. The van der Waals surface area contributed by atoms with Crippen molar-refractivity contribution in [3.05, 3.63) is 0 Å². The fourth-order valence-corrected chi connectivity index (χ4v) is 0.178. The monoisotopic (exact) mass is 149 g/mol. The van der Waals surface area contributed by atoms with E-state index in [-0.39, 0.29) is 0 Å². The van der Waals surface area contributed by atoms with Crippen LogP contribution in [0, 0.1) is 0 Å². The zero-order valence-electron chi connectivity index (χ0n) is 2.16. The molecule has 0 atom stereocenters. The van der Waals surface area contributed by atoms with Gasteiger partial charge in [-0.2, -0.15) is 0 Å². The third kappa shape index (κ3) is 0.570. The molecule has 0 unspecified atom stereocenters. The summed E-state index contributed by atoms with van der Waals surface area (Å²) in [6.45, 7) is 2.47. The van der Waals surface area contributed by atoms with E-state index >= 15 is 0 Å². The Morgan fingerprint density at radius 2 is 1.75 bits per heavy atom. The average Bonchev–Trinajstić information content (AvgIpc) is 1.75. The number of rotatable bonds is 0. The summed E-state index contributed by atoms with van der Waals surface area (Å²) in [5, 5.41) is 0. The molecule has 2 heteroatoms. The minimum atomic E-state index is 1.23. The number of hydrogen-bond donors (Lipinski definition) is 0. The van der Waals surface area contributed by atoms with Crippen molar-refractivity contribution in [3.63, 3.8) is 0 Å². The van der Waals surface area contributed by atoms with Crippen molar-refractivity contribution in [2.24, 2.45) is 0 Å². The maximum atomic E-state index is 3.23. The molecule has 1 nitrogen and oxygen atoms in total. The summed E-state index contributed by atoms with van der Waals surface area (Å²) in [4.78, 5) is 0. The maximum absolute atomic E-state index is 3.23. The molecular formula is C2H4AgN. The van der Waals surface area contributed by atoms with E-state index in [4.69, 9.17) is 0 Å². The summed E-state index contributed by atoms with van der Waals surface area (Å²) < 4.78 is 2.06. The number of nitrogens with zero attached hydrogens (tertiary/aromatic N) is 1. The van der Waals surface area contributed by atoms with Crippen molar-refractivity contribution < 1.29 is 21.3 Å². The molecule has 0 spiro atoms. The molecule has 1 heterocycles. The van der Waals surface area contributed by atoms with Crippen molar-refractivity contribution in [2.45, 2.75) is 0 Å². The first-order chi connectivity index (χ1) is 1.89. The van der Waals surface area contributed by atoms with Gasteiger partial charge in [-0.3, -0.25) is 0 Å². The normalized spacial score (nSPS) is 26.5. The van der Waals surface area contributed by atoms with E-state index in [1.807, 2.05) is 0 Å². The first-order valence-corrected chi connectivity index (χ1v) is 1.93. The van der Waals surface area contributed by atoms with E-state index < -0.39 is 0 Å². The van der Waals surface area contributed by atoms with Crippen LogP contribution in [0.2, 0.25) is 0 Å². The van der Waals surface area contributed by atoms with Gasteiger partial charge in [-0.25, -0.2) is 0 Å². The molecule has 1 rings (SSSR count). The van der Waals surface area contributed by atoms with E-state index in [2.05, 4.69) is 24.6 Å². The van der Waals surface area contributed by atoms with Crippen LogP contribution in [0.4, 0.5) is 0 Å². The standard InChI is InChI=1S/C2H4N.Ag/c1-2-3-1;/h1-2H2;/q-1;+1. The Morgan fingerprint density at radius 1 is 1.50 bits per heavy atom. The molecule has 0 bridgehead atoms. The zero-order chi connectivity index (χ0) is 2.99. The van der Waals surface area contributed by atoms with Crippen LogP contribution in [-0.2, 0) is 21.3 Å². The Bertz CT molecular complexity index is 25.2. The van der Waals surface area contributed by atoms with Crippen LogP contribution in [0.3, 0.4) is 0 Å². The molecule has 1 saturated heterocycles. The fraction of sp³-hybridized carbons (Fsp3) is 1.00. The average molecular weight is 150 g/mol. The molecule has 0 radical (unpaired) electrons. The summed E-state index contributed by atoms with van der Waals surface area (Å²) in [5.41, 5.74) is 0. The molecule has 0 N–H and O–H groups in total. The second kappa shape index (κ2) is 0.830. The number of hydrogen-bond acceptors (Lipinski definition) is 1. The topological polar surface area (TPSA) is 3.01 Å². The van der Waals surface area contributed by atoms with Crippen molar-refractivity contribution >= 4 is 0 Å². The van der Waals surface area contributed by atoms with Gasteiger partial charge >= 0.3 is 37.7 Å². The first kappa shape index (κ1) is 2.91. The summed E-state index contributed by atoms with van der Waals surface area (Å²) in [7, 11) is 0. The van der Waals surface area contributed by atoms with E-state index in [1.165, 1.54) is 13.1 Å². The molecule has 0 aromatic carbocycles. The third-order valence-electron chi connectivity index (χ3n) is 0.358. The molecule has 1 aliphatic rings. The van der Waals surface area contributed by atoms with Crippen LogP contribution in [0.5, 0.6) is 0 Å². The van der Waals surface area contributed by atoms with Gasteiger partial charge in [0, 0.05) is 0 Å². The summed E-state index contributed by atoms with van der Waals surface area (Å²) in [6, 6.07) is 0. The van der Waals surface area contributed by atoms with Crippen molar-refractivity contribution in [1.82, 2.24) is 3.30 Å². The molecule has 0 aliphatic carbocycles. The summed E-state index contributed by atoms with van der Waals surface area (Å²) >= 11 is 3.23. The molecule has 0 saturated carbocycles. The molecule has 0 amide bonds. The van der Waals surface area contributed by atoms with Crippen LogP contribution in [0.1, 0.15) is 0 Å². The van der Waals surface area contributed by atoms with E-state index in [0.717, 1.165) is 0 Å². The van der Waals surface area contributed by atoms with Gasteiger partial charge in [-0.15, -0.1) is 0 Å². The fourth-order valence-electron chi connectivity index (χ4n) is 0.0302. The molecule has 28 valence electrons. The van der Waals surface area contributed by atoms with Crippen LogP contribution in [0.15, 0.2) is 0 Å². The Balaban J connectivity index is 2.17. The van der Waals surface area contributed by atoms with Crippen molar-refractivity contribution in [2.75, 3.05) is 13.1 Å². The van der Waals surface area contributed by atoms with E-state index in [9.17, 15) is 0 Å². The van der Waals surface area contributed by atoms with Crippen LogP contribution < -0.4 is 0 Å². The second-order valence-corrected chi connectivity index (χ2v) is 1.80. The van der Waals surface area contributed by atoms with Crippen LogP contribution in [0.25, 0.3) is 0 Å². The van der Waals surface area contributed by atoms with Gasteiger partial charge in [-0.1, -0.05) is 0 Å². The van der Waals surface area contributed by atoms with Gasteiger partial charge in [0.15, 0.2) is 0 Å². The molecule has 1 aliphatic heterocycles. The molecule has 0 aromatic rings. The Kier molecular flexibility index (Phi) is 0.605. The van der Waals surface area contributed by atoms with Crippen LogP contribution >= 0.6 is 0 Å². The molecule has 1 fully saturated rings. The predicted molar refractivity (Wildman–Crippen MR) is 11.6 cm³/mol. The van der Waals surface area contributed by atoms with Gasteiger partial charge in [0.05, 0.1) is 0 Å². The van der Waals surface area contributed by atoms with E-state index in [1.54, 1.807) is 0 Å². The molecular weight excluding hydrogens is 146 g/mol. The summed E-state index contributed by atoms with van der Waals surface area (Å²) in [5.74, 6) is 0. The van der Waals surface area contributed by atoms with Gasteiger partial charge in [0.2, 0.25) is 0 Å². The van der Waals surface area contributed by atoms with Crippen molar-refractivity contribution in [3.8, 4) is 0 Å². The van der Waals surface area contributed by atoms with Crippen LogP contribution in [-0.4, -0.2) is 16.4 Å². The van der Waals surface area contributed by atoms with Gasteiger partial charge in [0.25, 0.3) is 0 Å². The first-order valence-electron chi connectivity index (χ1n) is 1.27. The van der Waals surface area contributed by atoms with Gasteiger partial charge in [-0.05, 0) is 0 Å². The minimum absolute atomic E-state index is 1.23. The Hall–Kier alpha value is 0.700. The molecule has 0 aromatic heterocycles. The second-order valence-electron chi connectivity index (χ2n) is 0.862. The third-order valence-corrected chi connectivity index (χ3v) is 1.02. The Labute approximate surface area is 38.2 Å². The van der Waals surface area contributed by atoms with Gasteiger partial charge < -0.3 is 0 Å². The van der Waals surface area contributed by atoms with Crippen molar-refractivity contribution in [1.29, 1.82) is 0 Å². The quantitative estimate of drug-likeness (QED) is 0.340. The Morgan fingerprint density at radius 3 is 1.75 bits per heavy atom. The predicted octanol–water partition coefficient (Wildman–Crippen LogP) is -0.236. The van der Waals surface area contributed by atoms with E-state index in [0.29, 0.717) is 0 Å². The van der Waals surface area contributed by atoms with Gasteiger partial charge in [0.1, 0.15) is 0 Å². The zero-order valence-corrected chi connectivity index (χ0v) is 3.65. The SMILES string of the molecule is [Ag][N]1CC1. The summed E-state index contributed by atoms with van der Waals surface area (Å²) in [6.07, 6.45) is 0.